The van der Waals surface area contributed by atoms with Gasteiger partial charge in [-0.25, -0.2) is 4.39 Å². The van der Waals surface area contributed by atoms with E-state index >= 15 is 0 Å². The highest BCUT2D eigenvalue weighted by molar-refractivity contribution is 9.10. The van der Waals surface area contributed by atoms with Gasteiger partial charge in [-0.2, -0.15) is 0 Å². The van der Waals surface area contributed by atoms with Crippen molar-refractivity contribution in [2.75, 3.05) is 11.1 Å². The Morgan fingerprint density at radius 2 is 2.14 bits per heavy atom. The summed E-state index contributed by atoms with van der Waals surface area (Å²) in [7, 11) is 0. The van der Waals surface area contributed by atoms with Crippen LogP contribution in [-0.4, -0.2) is 16.8 Å². The number of nitrogens with one attached hydrogen (secondary N) is 1. The molecule has 1 aliphatic rings. The van der Waals surface area contributed by atoms with Gasteiger partial charge < -0.3 is 11.1 Å². The van der Waals surface area contributed by atoms with Gasteiger partial charge in [0.05, 0.1) is 11.1 Å². The van der Waals surface area contributed by atoms with E-state index in [-0.39, 0.29) is 11.7 Å². The Kier molecular flexibility index (Phi) is 5.20. The molecule has 8 heteroatoms. The average molecular weight is 478 g/mol. The van der Waals surface area contributed by atoms with E-state index in [1.807, 2.05) is 30.5 Å². The van der Waals surface area contributed by atoms with Crippen molar-refractivity contribution in [2.24, 2.45) is 10.7 Å². The molecule has 144 valence electrons. The van der Waals surface area contributed by atoms with Crippen molar-refractivity contribution in [3.8, 4) is 0 Å². The van der Waals surface area contributed by atoms with Gasteiger partial charge in [0.2, 0.25) is 0 Å². The lowest BCUT2D eigenvalue weighted by atomic mass is 9.89. The summed E-state index contributed by atoms with van der Waals surface area (Å²) in [6.07, 6.45) is 0.676. The minimum absolute atomic E-state index is 0.228. The smallest absolute Gasteiger partial charge is 0.257 e. The van der Waals surface area contributed by atoms with Crippen LogP contribution in [0.1, 0.15) is 29.3 Å². The molecule has 28 heavy (non-hydrogen) atoms. The first kappa shape index (κ1) is 19.4. The second-order valence-electron chi connectivity index (χ2n) is 6.76. The lowest BCUT2D eigenvalue weighted by molar-refractivity contribution is 0.102. The number of fused-ring (bicyclic) bond motifs is 1. The Bertz CT molecular complexity index is 1110. The van der Waals surface area contributed by atoms with E-state index in [1.54, 1.807) is 12.1 Å². The van der Waals surface area contributed by atoms with Crippen molar-refractivity contribution in [1.82, 2.24) is 0 Å². The molecule has 0 spiro atoms. The summed E-state index contributed by atoms with van der Waals surface area (Å²) in [4.78, 5) is 17.3. The molecule has 0 saturated heterocycles. The fourth-order valence-electron chi connectivity index (χ4n) is 3.27. The maximum absolute atomic E-state index is 14.6. The van der Waals surface area contributed by atoms with Crippen molar-refractivity contribution in [1.29, 1.82) is 0 Å². The van der Waals surface area contributed by atoms with Crippen LogP contribution in [-0.2, 0) is 5.54 Å². The SMILES string of the molecule is CC1(c2cc(NC(=O)c3csc4ccc(Br)cc34)ccc2F)CCSC(N)=N1. The van der Waals surface area contributed by atoms with Crippen molar-refractivity contribution in [3.05, 3.63) is 63.2 Å². The number of hydrogen-bond donors (Lipinski definition) is 2. The molecule has 2 aromatic carbocycles. The van der Waals surface area contributed by atoms with Gasteiger partial charge in [0.15, 0.2) is 5.17 Å². The van der Waals surface area contributed by atoms with E-state index in [9.17, 15) is 9.18 Å². The quantitative estimate of drug-likeness (QED) is 0.506. The highest BCUT2D eigenvalue weighted by Gasteiger charge is 2.32. The molecule has 1 aromatic heterocycles. The first-order valence-corrected chi connectivity index (χ1v) is 11.3. The number of halogens is 2. The van der Waals surface area contributed by atoms with Gasteiger partial charge in [0.25, 0.3) is 5.91 Å². The minimum Gasteiger partial charge on any atom is -0.379 e. The molecule has 1 amide bonds. The van der Waals surface area contributed by atoms with Crippen LogP contribution in [0.3, 0.4) is 0 Å². The number of carbonyl (C=O) groups is 1. The fraction of sp³-hybridized carbons (Fsp3) is 0.200. The van der Waals surface area contributed by atoms with Gasteiger partial charge in [0.1, 0.15) is 5.82 Å². The third kappa shape index (κ3) is 3.68. The van der Waals surface area contributed by atoms with E-state index < -0.39 is 5.54 Å². The number of hydrogen-bond acceptors (Lipinski definition) is 5. The number of rotatable bonds is 3. The first-order valence-electron chi connectivity index (χ1n) is 8.62. The third-order valence-corrected chi connectivity index (χ3v) is 7.03. The maximum Gasteiger partial charge on any atom is 0.257 e. The molecule has 3 aromatic rings. The van der Waals surface area contributed by atoms with E-state index in [1.165, 1.54) is 29.2 Å². The molecule has 2 heterocycles. The van der Waals surface area contributed by atoms with E-state index in [0.717, 1.165) is 20.3 Å². The van der Waals surface area contributed by atoms with Crippen molar-refractivity contribution >= 4 is 65.9 Å². The molecule has 4 nitrogen and oxygen atoms in total. The van der Waals surface area contributed by atoms with Crippen LogP contribution in [0.5, 0.6) is 0 Å². The zero-order valence-electron chi connectivity index (χ0n) is 15.0. The Labute approximate surface area is 178 Å². The fourth-order valence-corrected chi connectivity index (χ4v) is 5.53. The second kappa shape index (κ2) is 7.50. The predicted octanol–water partition coefficient (Wildman–Crippen LogP) is 5.72. The molecular weight excluding hydrogens is 461 g/mol. The van der Waals surface area contributed by atoms with Crippen LogP contribution in [0.15, 0.2) is 51.2 Å². The molecular formula is C20H17BrFN3OS2. The van der Waals surface area contributed by atoms with Gasteiger partial charge >= 0.3 is 0 Å². The summed E-state index contributed by atoms with van der Waals surface area (Å²) in [5.74, 6) is 0.195. The molecule has 1 unspecified atom stereocenters. The molecule has 0 bridgehead atoms. The van der Waals surface area contributed by atoms with E-state index in [0.29, 0.717) is 28.4 Å². The van der Waals surface area contributed by atoms with E-state index in [4.69, 9.17) is 5.73 Å². The van der Waals surface area contributed by atoms with Crippen molar-refractivity contribution < 1.29 is 9.18 Å². The zero-order chi connectivity index (χ0) is 19.9. The Morgan fingerprint density at radius 3 is 2.93 bits per heavy atom. The molecule has 1 aliphatic heterocycles. The van der Waals surface area contributed by atoms with Crippen LogP contribution in [0.2, 0.25) is 0 Å². The maximum atomic E-state index is 14.6. The first-order chi connectivity index (χ1) is 13.4. The average Bonchev–Trinajstić information content (AvgIpc) is 3.06. The molecule has 0 aliphatic carbocycles. The lowest BCUT2D eigenvalue weighted by Gasteiger charge is -2.30. The van der Waals surface area contributed by atoms with E-state index in [2.05, 4.69) is 26.2 Å². The van der Waals surface area contributed by atoms with Gasteiger partial charge in [-0.3, -0.25) is 9.79 Å². The number of amidine groups is 1. The molecule has 3 N–H and O–H groups in total. The molecule has 0 fully saturated rings. The van der Waals surface area contributed by atoms with Crippen molar-refractivity contribution in [3.63, 3.8) is 0 Å². The number of thioether (sulfide) groups is 1. The Hall–Kier alpha value is -1.90. The molecule has 1 atom stereocenters. The van der Waals surface area contributed by atoms with Crippen LogP contribution >= 0.6 is 39.0 Å². The Balaban J connectivity index is 1.66. The van der Waals surface area contributed by atoms with Crippen LogP contribution < -0.4 is 11.1 Å². The minimum atomic E-state index is -0.736. The van der Waals surface area contributed by atoms with Gasteiger partial charge in [-0.05, 0) is 49.7 Å². The largest absolute Gasteiger partial charge is 0.379 e. The molecule has 4 rings (SSSR count). The number of aliphatic imine (C=N–C) groups is 1. The van der Waals surface area contributed by atoms with Crippen LogP contribution in [0.25, 0.3) is 10.1 Å². The normalized spacial score (nSPS) is 19.5. The number of carbonyl (C=O) groups excluding carboxylic acids is 1. The Morgan fingerprint density at radius 1 is 1.32 bits per heavy atom. The topological polar surface area (TPSA) is 67.5 Å². The number of nitrogens with zero attached hydrogens (tertiary/aromatic N) is 1. The molecule has 0 radical (unpaired) electrons. The second-order valence-corrected chi connectivity index (χ2v) is 9.70. The van der Waals surface area contributed by atoms with Gasteiger partial charge in [-0.1, -0.05) is 27.7 Å². The number of anilines is 1. The van der Waals surface area contributed by atoms with Gasteiger partial charge in [0, 0.05) is 36.9 Å². The summed E-state index contributed by atoms with van der Waals surface area (Å²) < 4.78 is 16.5. The standard InChI is InChI=1S/C20H17BrFN3OS2/c1-20(6-7-27-19(23)25-20)15-9-12(3-4-16(15)22)24-18(26)14-10-28-17-5-2-11(21)8-13(14)17/h2-5,8-10H,6-7H2,1H3,(H2,23,25)(H,24,26). The summed E-state index contributed by atoms with van der Waals surface area (Å²) in [5.41, 5.74) is 6.69. The summed E-state index contributed by atoms with van der Waals surface area (Å²) in [5, 5.41) is 6.07. The zero-order valence-corrected chi connectivity index (χ0v) is 18.2. The predicted molar refractivity (Wildman–Crippen MR) is 120 cm³/mol. The number of benzene rings is 2. The van der Waals surface area contributed by atoms with Crippen LogP contribution in [0.4, 0.5) is 10.1 Å². The monoisotopic (exact) mass is 477 g/mol. The van der Waals surface area contributed by atoms with Crippen molar-refractivity contribution in [2.45, 2.75) is 18.9 Å². The van der Waals surface area contributed by atoms with Crippen LogP contribution in [0, 0.1) is 5.82 Å². The lowest BCUT2D eigenvalue weighted by Crippen LogP contribution is -2.29. The highest BCUT2D eigenvalue weighted by atomic mass is 79.9. The molecule has 0 saturated carbocycles. The highest BCUT2D eigenvalue weighted by Crippen LogP contribution is 2.37. The number of thiophene rings is 1. The summed E-state index contributed by atoms with van der Waals surface area (Å²) in [6, 6.07) is 10.4. The summed E-state index contributed by atoms with van der Waals surface area (Å²) in [6.45, 7) is 1.87. The third-order valence-electron chi connectivity index (χ3n) is 4.78. The van der Waals surface area contributed by atoms with Gasteiger partial charge in [-0.15, -0.1) is 11.3 Å². The summed E-state index contributed by atoms with van der Waals surface area (Å²) >= 11 is 6.43. The number of nitrogens with two attached hydrogens (primary N) is 1. The number of amides is 1.